The summed E-state index contributed by atoms with van der Waals surface area (Å²) in [4.78, 5) is 33.8. The van der Waals surface area contributed by atoms with Crippen LogP contribution in [0.5, 0.6) is 0 Å². The Kier molecular flexibility index (Phi) is 7.00. The molecule has 1 unspecified atom stereocenters. The number of hydrogen-bond donors (Lipinski definition) is 3. The summed E-state index contributed by atoms with van der Waals surface area (Å²) in [5.41, 5.74) is -1.27. The average molecular weight is 258 g/mol. The van der Waals surface area contributed by atoms with Crippen molar-refractivity contribution in [2.24, 2.45) is 0 Å². The lowest BCUT2D eigenvalue weighted by Crippen LogP contribution is -2.51. The van der Waals surface area contributed by atoms with Gasteiger partial charge in [-0.1, -0.05) is 13.8 Å². The van der Waals surface area contributed by atoms with Crippen LogP contribution in [0.3, 0.4) is 0 Å². The molecular formula is C12H22N2O4. The molecule has 0 aliphatic rings. The topological polar surface area (TPSA) is 95.5 Å². The smallest absolute Gasteiger partial charge is 0.329 e. The zero-order chi connectivity index (χ0) is 14.2. The van der Waals surface area contributed by atoms with Crippen LogP contribution < -0.4 is 10.6 Å². The van der Waals surface area contributed by atoms with Crippen LogP contribution in [0.2, 0.25) is 0 Å². The van der Waals surface area contributed by atoms with E-state index in [1.54, 1.807) is 6.92 Å². The molecule has 1 atom stereocenters. The molecule has 2 amide bonds. The number of carboxylic acid groups (broad SMARTS) is 1. The van der Waals surface area contributed by atoms with Gasteiger partial charge in [-0.3, -0.25) is 9.59 Å². The summed E-state index contributed by atoms with van der Waals surface area (Å²) in [6.45, 7) is 5.65. The lowest BCUT2D eigenvalue weighted by molar-refractivity contribution is -0.147. The largest absolute Gasteiger partial charge is 0.480 e. The molecule has 0 aromatic heterocycles. The van der Waals surface area contributed by atoms with Crippen LogP contribution in [0.25, 0.3) is 0 Å². The molecular weight excluding hydrogens is 236 g/mol. The fourth-order valence-electron chi connectivity index (χ4n) is 1.24. The summed E-state index contributed by atoms with van der Waals surface area (Å²) in [6.07, 6.45) is 1.20. The molecule has 0 heterocycles. The second kappa shape index (κ2) is 7.68. The number of hydrogen-bond acceptors (Lipinski definition) is 3. The van der Waals surface area contributed by atoms with Gasteiger partial charge in [0.2, 0.25) is 11.8 Å². The summed E-state index contributed by atoms with van der Waals surface area (Å²) in [5, 5.41) is 14.1. The van der Waals surface area contributed by atoms with E-state index < -0.39 is 17.4 Å². The van der Waals surface area contributed by atoms with Crippen molar-refractivity contribution >= 4 is 17.8 Å². The molecule has 0 fully saturated rings. The Morgan fingerprint density at radius 2 is 1.67 bits per heavy atom. The lowest BCUT2D eigenvalue weighted by Gasteiger charge is -2.24. The highest BCUT2D eigenvalue weighted by Crippen LogP contribution is 2.09. The van der Waals surface area contributed by atoms with Crippen LogP contribution in [0.4, 0.5) is 0 Å². The maximum absolute atomic E-state index is 11.5. The van der Waals surface area contributed by atoms with Gasteiger partial charge in [0.05, 0.1) is 0 Å². The number of rotatable bonds is 8. The standard InChI is InChI=1S/C12H22N2O4/c1-4-8-13-9(15)6-7-10(16)14-12(3,5-2)11(17)18/h4-8H2,1-3H3,(H,13,15)(H,14,16)(H,17,18). The molecule has 0 rings (SSSR count). The SMILES string of the molecule is CCCNC(=O)CCC(=O)NC(C)(CC)C(=O)O. The van der Waals surface area contributed by atoms with Gasteiger partial charge in [0.25, 0.3) is 0 Å². The van der Waals surface area contributed by atoms with E-state index in [9.17, 15) is 14.4 Å². The van der Waals surface area contributed by atoms with E-state index in [1.165, 1.54) is 6.92 Å². The number of nitrogens with one attached hydrogen (secondary N) is 2. The minimum absolute atomic E-state index is 0.00157. The summed E-state index contributed by atoms with van der Waals surface area (Å²) in [6, 6.07) is 0. The first-order chi connectivity index (χ1) is 8.35. The minimum atomic E-state index is -1.27. The van der Waals surface area contributed by atoms with Gasteiger partial charge in [-0.2, -0.15) is 0 Å². The normalized spacial score (nSPS) is 13.5. The van der Waals surface area contributed by atoms with Crippen LogP contribution >= 0.6 is 0 Å². The third-order valence-corrected chi connectivity index (χ3v) is 2.75. The van der Waals surface area contributed by atoms with Gasteiger partial charge >= 0.3 is 5.97 Å². The van der Waals surface area contributed by atoms with Crippen molar-refractivity contribution in [3.63, 3.8) is 0 Å². The van der Waals surface area contributed by atoms with Crippen molar-refractivity contribution in [3.05, 3.63) is 0 Å². The monoisotopic (exact) mass is 258 g/mol. The van der Waals surface area contributed by atoms with E-state index in [4.69, 9.17) is 5.11 Å². The van der Waals surface area contributed by atoms with Gasteiger partial charge in [-0.15, -0.1) is 0 Å². The quantitative estimate of drug-likeness (QED) is 0.596. The van der Waals surface area contributed by atoms with Crippen molar-refractivity contribution in [1.29, 1.82) is 0 Å². The fraction of sp³-hybridized carbons (Fsp3) is 0.750. The van der Waals surface area contributed by atoms with Crippen molar-refractivity contribution in [3.8, 4) is 0 Å². The van der Waals surface area contributed by atoms with Gasteiger partial charge in [0.1, 0.15) is 5.54 Å². The zero-order valence-electron chi connectivity index (χ0n) is 11.2. The number of carbonyl (C=O) groups excluding carboxylic acids is 2. The Labute approximate surface area is 107 Å². The highest BCUT2D eigenvalue weighted by Gasteiger charge is 2.32. The molecule has 0 saturated heterocycles. The Hall–Kier alpha value is -1.59. The van der Waals surface area contributed by atoms with Crippen molar-refractivity contribution in [2.75, 3.05) is 6.54 Å². The first-order valence-corrected chi connectivity index (χ1v) is 6.16. The molecule has 0 aliphatic heterocycles. The molecule has 0 bridgehead atoms. The van der Waals surface area contributed by atoms with E-state index in [0.29, 0.717) is 6.54 Å². The number of amides is 2. The molecule has 0 aromatic carbocycles. The van der Waals surface area contributed by atoms with Crippen LogP contribution in [0.1, 0.15) is 46.5 Å². The predicted molar refractivity (Wildman–Crippen MR) is 67.0 cm³/mol. The predicted octanol–water partition coefficient (Wildman–Crippen LogP) is 0.662. The fourth-order valence-corrected chi connectivity index (χ4v) is 1.24. The van der Waals surface area contributed by atoms with Crippen LogP contribution in [-0.2, 0) is 14.4 Å². The minimum Gasteiger partial charge on any atom is -0.480 e. The average Bonchev–Trinajstić information content (AvgIpc) is 2.33. The number of carbonyl (C=O) groups is 3. The lowest BCUT2D eigenvalue weighted by atomic mass is 9.99. The molecule has 6 nitrogen and oxygen atoms in total. The Morgan fingerprint density at radius 3 is 2.11 bits per heavy atom. The summed E-state index contributed by atoms with van der Waals surface area (Å²) >= 11 is 0. The van der Waals surface area contributed by atoms with Gasteiger partial charge < -0.3 is 15.7 Å². The molecule has 18 heavy (non-hydrogen) atoms. The maximum Gasteiger partial charge on any atom is 0.329 e. The van der Waals surface area contributed by atoms with Crippen LogP contribution in [0, 0.1) is 0 Å². The highest BCUT2D eigenvalue weighted by atomic mass is 16.4. The molecule has 0 radical (unpaired) electrons. The number of aliphatic carboxylic acids is 1. The van der Waals surface area contributed by atoms with E-state index in [1.807, 2.05) is 6.92 Å². The van der Waals surface area contributed by atoms with Crippen molar-refractivity contribution in [2.45, 2.75) is 52.0 Å². The molecule has 0 aromatic rings. The second-order valence-electron chi connectivity index (χ2n) is 4.39. The van der Waals surface area contributed by atoms with E-state index in [-0.39, 0.29) is 25.2 Å². The Bertz CT molecular complexity index is 317. The van der Waals surface area contributed by atoms with Gasteiger partial charge in [-0.05, 0) is 19.8 Å². The second-order valence-corrected chi connectivity index (χ2v) is 4.39. The molecule has 3 N–H and O–H groups in total. The van der Waals surface area contributed by atoms with Crippen LogP contribution in [0.15, 0.2) is 0 Å². The van der Waals surface area contributed by atoms with Gasteiger partial charge in [-0.25, -0.2) is 4.79 Å². The third-order valence-electron chi connectivity index (χ3n) is 2.75. The van der Waals surface area contributed by atoms with Crippen LogP contribution in [-0.4, -0.2) is 35.0 Å². The van der Waals surface area contributed by atoms with E-state index >= 15 is 0 Å². The first kappa shape index (κ1) is 16.4. The molecule has 0 saturated carbocycles. The summed E-state index contributed by atoms with van der Waals surface area (Å²) < 4.78 is 0. The zero-order valence-corrected chi connectivity index (χ0v) is 11.2. The summed E-state index contributed by atoms with van der Waals surface area (Å²) in [5.74, 6) is -1.69. The molecule has 6 heteroatoms. The Balaban J connectivity index is 4.11. The maximum atomic E-state index is 11.5. The summed E-state index contributed by atoms with van der Waals surface area (Å²) in [7, 11) is 0. The number of carboxylic acids is 1. The highest BCUT2D eigenvalue weighted by molar-refractivity contribution is 5.88. The first-order valence-electron chi connectivity index (χ1n) is 6.16. The molecule has 0 aliphatic carbocycles. The van der Waals surface area contributed by atoms with E-state index in [2.05, 4.69) is 10.6 Å². The van der Waals surface area contributed by atoms with Crippen molar-refractivity contribution < 1.29 is 19.5 Å². The van der Waals surface area contributed by atoms with Gasteiger partial charge in [0, 0.05) is 19.4 Å². The molecule has 0 spiro atoms. The molecule has 104 valence electrons. The van der Waals surface area contributed by atoms with Crippen molar-refractivity contribution in [1.82, 2.24) is 10.6 Å². The third kappa shape index (κ3) is 5.65. The Morgan fingerprint density at radius 1 is 1.11 bits per heavy atom. The van der Waals surface area contributed by atoms with Gasteiger partial charge in [0.15, 0.2) is 0 Å². The van der Waals surface area contributed by atoms with E-state index in [0.717, 1.165) is 6.42 Å².